The molecule has 1 heterocycles. The lowest BCUT2D eigenvalue weighted by Gasteiger charge is -2.63. The van der Waals surface area contributed by atoms with E-state index in [2.05, 4.69) is 6.07 Å². The van der Waals surface area contributed by atoms with Gasteiger partial charge in [-0.3, -0.25) is 4.79 Å². The summed E-state index contributed by atoms with van der Waals surface area (Å²) in [6.45, 7) is 1.39. The molecule has 1 amide bonds. The fourth-order valence-corrected chi connectivity index (χ4v) is 7.01. The molecule has 146 valence electrons. The highest BCUT2D eigenvalue weighted by atomic mass is 35.5. The van der Waals surface area contributed by atoms with E-state index in [9.17, 15) is 9.90 Å². The molecule has 27 heavy (non-hydrogen) atoms. The number of amides is 1. The number of hydrogen-bond donors (Lipinski definition) is 2. The van der Waals surface area contributed by atoms with Gasteiger partial charge < -0.3 is 15.7 Å². The molecule has 0 aromatic heterocycles. The van der Waals surface area contributed by atoms with Crippen LogP contribution in [0.2, 0.25) is 5.02 Å². The summed E-state index contributed by atoms with van der Waals surface area (Å²) in [7, 11) is 0. The number of nitrogens with zero attached hydrogens (tertiary/aromatic N) is 1. The zero-order valence-corrected chi connectivity index (χ0v) is 16.4. The molecule has 0 unspecified atom stereocenters. The molecule has 5 fully saturated rings. The molecule has 1 aliphatic heterocycles. The van der Waals surface area contributed by atoms with Crippen LogP contribution < -0.4 is 5.73 Å². The Morgan fingerprint density at radius 1 is 1.15 bits per heavy atom. The van der Waals surface area contributed by atoms with Gasteiger partial charge in [0.25, 0.3) is 0 Å². The zero-order valence-electron chi connectivity index (χ0n) is 15.7. The van der Waals surface area contributed by atoms with Crippen molar-refractivity contribution in [2.24, 2.45) is 34.8 Å². The molecule has 6 rings (SSSR count). The number of likely N-dealkylation sites (tertiary alicyclic amines) is 1. The van der Waals surface area contributed by atoms with Crippen LogP contribution in [0.3, 0.4) is 0 Å². The second-order valence-electron chi connectivity index (χ2n) is 9.58. The van der Waals surface area contributed by atoms with Crippen molar-refractivity contribution in [1.29, 1.82) is 0 Å². The second-order valence-corrected chi connectivity index (χ2v) is 9.99. The molecular weight excluding hydrogens is 360 g/mol. The third kappa shape index (κ3) is 2.83. The fraction of sp³-hybridized carbons (Fsp3) is 0.682. The summed E-state index contributed by atoms with van der Waals surface area (Å²) in [6, 6.07) is 8.24. The molecule has 0 spiro atoms. The lowest BCUT2D eigenvalue weighted by Crippen LogP contribution is -2.62. The second kappa shape index (κ2) is 6.47. The molecular formula is C22H29ClN2O2. The van der Waals surface area contributed by atoms with E-state index in [1.807, 2.05) is 23.1 Å². The summed E-state index contributed by atoms with van der Waals surface area (Å²) >= 11 is 6.53. The van der Waals surface area contributed by atoms with E-state index in [0.717, 1.165) is 37.1 Å². The molecule has 1 aromatic carbocycles. The molecule has 4 bridgehead atoms. The van der Waals surface area contributed by atoms with E-state index in [-0.39, 0.29) is 23.5 Å². The Labute approximate surface area is 166 Å². The number of carbonyl (C=O) groups is 1. The van der Waals surface area contributed by atoms with Crippen LogP contribution in [0.1, 0.15) is 37.7 Å². The minimum Gasteiger partial charge on any atom is -0.393 e. The lowest BCUT2D eigenvalue weighted by atomic mass is 9.42. The Balaban J connectivity index is 1.47. The molecule has 5 heteroatoms. The minimum absolute atomic E-state index is 0.0189. The van der Waals surface area contributed by atoms with Gasteiger partial charge in [0.2, 0.25) is 5.91 Å². The van der Waals surface area contributed by atoms with Gasteiger partial charge in [-0.25, -0.2) is 0 Å². The van der Waals surface area contributed by atoms with Gasteiger partial charge in [-0.15, -0.1) is 0 Å². The third-order valence-corrected chi connectivity index (χ3v) is 8.53. The van der Waals surface area contributed by atoms with Gasteiger partial charge in [0, 0.05) is 30.6 Å². The summed E-state index contributed by atoms with van der Waals surface area (Å²) in [5, 5.41) is 11.4. The van der Waals surface area contributed by atoms with Crippen LogP contribution in [0.15, 0.2) is 24.3 Å². The Kier molecular flexibility index (Phi) is 4.30. The van der Waals surface area contributed by atoms with Crippen LogP contribution >= 0.6 is 11.6 Å². The third-order valence-electron chi connectivity index (χ3n) is 8.16. The maximum atomic E-state index is 13.1. The van der Waals surface area contributed by atoms with Crippen molar-refractivity contribution >= 4 is 17.5 Å². The van der Waals surface area contributed by atoms with Gasteiger partial charge in [-0.1, -0.05) is 29.8 Å². The van der Waals surface area contributed by atoms with Crippen molar-refractivity contribution in [3.63, 3.8) is 0 Å². The van der Waals surface area contributed by atoms with Gasteiger partial charge in [0.05, 0.1) is 6.10 Å². The number of halogens is 1. The number of benzene rings is 1. The fourth-order valence-electron chi connectivity index (χ4n) is 6.81. The summed E-state index contributed by atoms with van der Waals surface area (Å²) < 4.78 is 0. The first-order valence-corrected chi connectivity index (χ1v) is 10.8. The molecule has 4 aliphatic carbocycles. The molecule has 4 nitrogen and oxygen atoms in total. The van der Waals surface area contributed by atoms with Crippen molar-refractivity contribution in [1.82, 2.24) is 4.90 Å². The predicted octanol–water partition coefficient (Wildman–Crippen LogP) is 2.86. The van der Waals surface area contributed by atoms with Crippen molar-refractivity contribution < 1.29 is 9.90 Å². The van der Waals surface area contributed by atoms with Gasteiger partial charge in [-0.2, -0.15) is 0 Å². The summed E-state index contributed by atoms with van der Waals surface area (Å²) in [5.74, 6) is 2.15. The molecule has 4 saturated carbocycles. The first-order valence-electron chi connectivity index (χ1n) is 10.4. The average molecular weight is 389 g/mol. The molecule has 1 aromatic rings. The summed E-state index contributed by atoms with van der Waals surface area (Å²) in [4.78, 5) is 15.0. The monoisotopic (exact) mass is 388 g/mol. The quantitative estimate of drug-likeness (QED) is 0.833. The van der Waals surface area contributed by atoms with Crippen LogP contribution in [0, 0.1) is 29.1 Å². The number of rotatable bonds is 4. The number of aliphatic hydroxyl groups is 1. The van der Waals surface area contributed by atoms with Gasteiger partial charge in [-0.05, 0) is 72.8 Å². The Morgan fingerprint density at radius 3 is 2.30 bits per heavy atom. The maximum Gasteiger partial charge on any atom is 0.223 e. The normalized spacial score (nSPS) is 40.3. The maximum absolute atomic E-state index is 13.1. The van der Waals surface area contributed by atoms with E-state index < -0.39 is 0 Å². The zero-order chi connectivity index (χ0) is 18.8. The van der Waals surface area contributed by atoms with Gasteiger partial charge >= 0.3 is 0 Å². The number of nitrogens with two attached hydrogens (primary N) is 1. The molecule has 0 radical (unpaired) electrons. The standard InChI is InChI=1S/C22H29ClN2O2/c23-19-4-2-1-3-13(19)9-22(10-20(26)25-11-18(24)12-25)16-5-14-6-17(22)8-15(7-16)21(14)27/h1-4,14-18,21,27H,5-12,24H2. The first kappa shape index (κ1) is 18.0. The Hall–Kier alpha value is -1.10. The Morgan fingerprint density at radius 2 is 1.74 bits per heavy atom. The van der Waals surface area contributed by atoms with E-state index >= 15 is 0 Å². The van der Waals surface area contributed by atoms with Crippen LogP contribution in [0.4, 0.5) is 0 Å². The van der Waals surface area contributed by atoms with Gasteiger partial charge in [0.1, 0.15) is 0 Å². The molecule has 3 N–H and O–H groups in total. The van der Waals surface area contributed by atoms with Crippen LogP contribution in [-0.4, -0.2) is 41.1 Å². The SMILES string of the molecule is NC1CN(C(=O)CC2(Cc3ccccc3Cl)C3CC4CC2CC(C3)C4O)C1. The van der Waals surface area contributed by atoms with Crippen LogP contribution in [0.25, 0.3) is 0 Å². The number of hydrogen-bond acceptors (Lipinski definition) is 3. The van der Waals surface area contributed by atoms with E-state index in [1.165, 1.54) is 5.56 Å². The lowest BCUT2D eigenvalue weighted by molar-refractivity contribution is -0.177. The smallest absolute Gasteiger partial charge is 0.223 e. The highest BCUT2D eigenvalue weighted by Gasteiger charge is 2.60. The largest absolute Gasteiger partial charge is 0.393 e. The summed E-state index contributed by atoms with van der Waals surface area (Å²) in [5.41, 5.74) is 7.06. The van der Waals surface area contributed by atoms with Crippen LogP contribution in [0.5, 0.6) is 0 Å². The van der Waals surface area contributed by atoms with Crippen LogP contribution in [-0.2, 0) is 11.2 Å². The first-order chi connectivity index (χ1) is 13.0. The van der Waals surface area contributed by atoms with E-state index in [1.54, 1.807) is 0 Å². The van der Waals surface area contributed by atoms with E-state index in [0.29, 0.717) is 43.2 Å². The van der Waals surface area contributed by atoms with Crippen molar-refractivity contribution in [3.05, 3.63) is 34.9 Å². The summed E-state index contributed by atoms with van der Waals surface area (Å²) in [6.07, 6.45) is 5.60. The average Bonchev–Trinajstić information content (AvgIpc) is 2.59. The number of aliphatic hydroxyl groups excluding tert-OH is 1. The van der Waals surface area contributed by atoms with Gasteiger partial charge in [0.15, 0.2) is 0 Å². The predicted molar refractivity (Wildman–Crippen MR) is 105 cm³/mol. The minimum atomic E-state index is -0.125. The highest BCUT2D eigenvalue weighted by molar-refractivity contribution is 6.31. The highest BCUT2D eigenvalue weighted by Crippen LogP contribution is 2.64. The van der Waals surface area contributed by atoms with Crippen molar-refractivity contribution in [2.75, 3.05) is 13.1 Å². The van der Waals surface area contributed by atoms with Crippen molar-refractivity contribution in [2.45, 2.75) is 50.7 Å². The molecule has 5 aliphatic rings. The number of carbonyl (C=O) groups excluding carboxylic acids is 1. The topological polar surface area (TPSA) is 66.6 Å². The Bertz CT molecular complexity index is 716. The molecule has 0 atom stereocenters. The molecule has 1 saturated heterocycles. The van der Waals surface area contributed by atoms with Crippen molar-refractivity contribution in [3.8, 4) is 0 Å². The van der Waals surface area contributed by atoms with E-state index in [4.69, 9.17) is 17.3 Å².